The molecule has 2 rings (SSSR count). The number of benzene rings is 1. The number of anilines is 1. The van der Waals surface area contributed by atoms with Crippen molar-refractivity contribution >= 4 is 44.1 Å². The molecule has 1 aromatic carbocycles. The van der Waals surface area contributed by atoms with E-state index in [9.17, 15) is 22.8 Å². The summed E-state index contributed by atoms with van der Waals surface area (Å²) in [5.41, 5.74) is 0.364. The molecule has 0 aliphatic rings. The minimum absolute atomic E-state index is 0.0282. The molecule has 35 heavy (non-hydrogen) atoms. The second-order valence-electron chi connectivity index (χ2n) is 7.74. The van der Waals surface area contributed by atoms with Gasteiger partial charge in [0, 0.05) is 18.7 Å². The van der Waals surface area contributed by atoms with Crippen molar-refractivity contribution in [2.45, 2.75) is 38.6 Å². The van der Waals surface area contributed by atoms with E-state index in [2.05, 4.69) is 10.6 Å². The molecular weight excluding hydrogens is 492 g/mol. The minimum Gasteiger partial charge on any atom is -0.454 e. The summed E-state index contributed by atoms with van der Waals surface area (Å²) < 4.78 is 31.9. The lowest BCUT2D eigenvalue weighted by Crippen LogP contribution is -2.46. The summed E-state index contributed by atoms with van der Waals surface area (Å²) in [5, 5.41) is 16.1. The zero-order valence-electron chi connectivity index (χ0n) is 19.9. The van der Waals surface area contributed by atoms with Gasteiger partial charge in [-0.05, 0) is 35.6 Å². The first-order valence-electron chi connectivity index (χ1n) is 10.9. The third-order valence-corrected chi connectivity index (χ3v) is 7.91. The highest BCUT2D eigenvalue weighted by Crippen LogP contribution is 2.22. The summed E-state index contributed by atoms with van der Waals surface area (Å²) in [5.74, 6) is -2.47. The molecule has 0 saturated carbocycles. The lowest BCUT2D eigenvalue weighted by Gasteiger charge is -2.21. The Morgan fingerprint density at radius 3 is 2.46 bits per heavy atom. The molecule has 10 nitrogen and oxygen atoms in total. The van der Waals surface area contributed by atoms with E-state index >= 15 is 0 Å². The number of sulfonamides is 1. The lowest BCUT2D eigenvalue weighted by atomic mass is 10.0. The fourth-order valence-corrected chi connectivity index (χ4v) is 5.37. The molecule has 0 saturated heterocycles. The van der Waals surface area contributed by atoms with Crippen molar-refractivity contribution in [3.05, 3.63) is 46.8 Å². The maximum absolute atomic E-state index is 12.8. The van der Waals surface area contributed by atoms with Gasteiger partial charge in [0.15, 0.2) is 6.61 Å². The number of hydrogen-bond donors (Lipinski definition) is 2. The van der Waals surface area contributed by atoms with Gasteiger partial charge in [0.05, 0.1) is 10.5 Å². The van der Waals surface area contributed by atoms with Crippen LogP contribution >= 0.6 is 11.3 Å². The molecule has 2 amide bonds. The van der Waals surface area contributed by atoms with Gasteiger partial charge in [0.1, 0.15) is 17.1 Å². The first-order valence-corrected chi connectivity index (χ1v) is 13.2. The quantitative estimate of drug-likeness (QED) is 0.433. The highest BCUT2D eigenvalue weighted by molar-refractivity contribution is 7.89. The van der Waals surface area contributed by atoms with Gasteiger partial charge in [0.25, 0.3) is 11.8 Å². The molecule has 0 aliphatic heterocycles. The molecule has 2 N–H and O–H groups in total. The van der Waals surface area contributed by atoms with E-state index in [-0.39, 0.29) is 29.5 Å². The van der Waals surface area contributed by atoms with Crippen molar-refractivity contribution in [3.8, 4) is 6.07 Å². The third kappa shape index (κ3) is 7.11. The predicted octanol–water partition coefficient (Wildman–Crippen LogP) is 2.59. The molecule has 0 aliphatic carbocycles. The number of nitriles is 1. The minimum atomic E-state index is -3.77. The number of ether oxygens (including phenoxy) is 1. The fraction of sp³-hybridized carbons (Fsp3) is 0.391. The van der Waals surface area contributed by atoms with Gasteiger partial charge in [-0.1, -0.05) is 33.8 Å². The second-order valence-corrected chi connectivity index (χ2v) is 10.6. The van der Waals surface area contributed by atoms with Crippen LogP contribution in [-0.2, 0) is 24.3 Å². The van der Waals surface area contributed by atoms with Crippen molar-refractivity contribution < 1.29 is 27.5 Å². The van der Waals surface area contributed by atoms with Crippen LogP contribution in [0.25, 0.3) is 0 Å². The molecule has 0 radical (unpaired) electrons. The average molecular weight is 521 g/mol. The van der Waals surface area contributed by atoms with Crippen LogP contribution in [0.1, 0.15) is 43.6 Å². The molecule has 1 aromatic heterocycles. The molecular formula is C23H28N4O6S2. The average Bonchev–Trinajstić information content (AvgIpc) is 3.28. The van der Waals surface area contributed by atoms with Gasteiger partial charge in [-0.2, -0.15) is 9.57 Å². The van der Waals surface area contributed by atoms with Crippen molar-refractivity contribution in [2.75, 3.05) is 25.0 Å². The Kier molecular flexibility index (Phi) is 9.94. The van der Waals surface area contributed by atoms with Crippen molar-refractivity contribution in [2.24, 2.45) is 5.92 Å². The van der Waals surface area contributed by atoms with Gasteiger partial charge in [-0.25, -0.2) is 13.2 Å². The summed E-state index contributed by atoms with van der Waals surface area (Å²) in [6, 6.07) is 7.99. The first-order chi connectivity index (χ1) is 16.5. The molecule has 2 aromatic rings. The predicted molar refractivity (Wildman–Crippen MR) is 131 cm³/mol. The van der Waals surface area contributed by atoms with Gasteiger partial charge in [0.2, 0.25) is 10.0 Å². The van der Waals surface area contributed by atoms with Crippen LogP contribution in [0.5, 0.6) is 0 Å². The number of nitrogens with zero attached hydrogens (tertiary/aromatic N) is 2. The number of carbonyl (C=O) groups excluding carboxylic acids is 3. The molecule has 0 fully saturated rings. The molecule has 188 valence electrons. The third-order valence-electron chi connectivity index (χ3n) is 5.03. The Balaban J connectivity index is 2.08. The fourth-order valence-electron chi connectivity index (χ4n) is 3.12. The number of carbonyl (C=O) groups is 3. The number of amides is 2. The van der Waals surface area contributed by atoms with Gasteiger partial charge >= 0.3 is 5.97 Å². The van der Waals surface area contributed by atoms with Crippen LogP contribution in [-0.4, -0.2) is 56.2 Å². The normalized spacial score (nSPS) is 12.1. The zero-order chi connectivity index (χ0) is 26.2. The molecule has 0 bridgehead atoms. The lowest BCUT2D eigenvalue weighted by molar-refractivity contribution is -0.150. The highest BCUT2D eigenvalue weighted by atomic mass is 32.2. The van der Waals surface area contributed by atoms with E-state index in [1.807, 2.05) is 6.07 Å². The highest BCUT2D eigenvalue weighted by Gasteiger charge is 2.28. The van der Waals surface area contributed by atoms with Crippen LogP contribution in [0.15, 0.2) is 40.6 Å². The van der Waals surface area contributed by atoms with Crippen molar-refractivity contribution in [1.29, 1.82) is 5.26 Å². The first kappa shape index (κ1) is 28.0. The van der Waals surface area contributed by atoms with Gasteiger partial charge < -0.3 is 15.4 Å². The molecule has 1 heterocycles. The molecule has 0 spiro atoms. The van der Waals surface area contributed by atoms with Crippen LogP contribution in [0, 0.1) is 17.2 Å². The molecule has 12 heteroatoms. The van der Waals surface area contributed by atoms with E-state index in [4.69, 9.17) is 10.00 Å². The van der Waals surface area contributed by atoms with Crippen molar-refractivity contribution in [3.63, 3.8) is 0 Å². The zero-order valence-corrected chi connectivity index (χ0v) is 21.5. The largest absolute Gasteiger partial charge is 0.454 e. The van der Waals surface area contributed by atoms with Gasteiger partial charge in [-0.3, -0.25) is 9.59 Å². The van der Waals surface area contributed by atoms with Crippen LogP contribution < -0.4 is 10.6 Å². The van der Waals surface area contributed by atoms with Crippen molar-refractivity contribution in [1.82, 2.24) is 9.62 Å². The van der Waals surface area contributed by atoms with Crippen LogP contribution in [0.2, 0.25) is 0 Å². The van der Waals surface area contributed by atoms with Crippen LogP contribution in [0.4, 0.5) is 5.00 Å². The summed E-state index contributed by atoms with van der Waals surface area (Å²) in [6.45, 7) is 6.80. The van der Waals surface area contributed by atoms with Gasteiger partial charge in [-0.15, -0.1) is 11.3 Å². The van der Waals surface area contributed by atoms with Crippen LogP contribution in [0.3, 0.4) is 0 Å². The Hall–Kier alpha value is -3.27. The Bertz CT molecular complexity index is 1210. The summed E-state index contributed by atoms with van der Waals surface area (Å²) >= 11 is 1.16. The Morgan fingerprint density at radius 1 is 1.17 bits per heavy atom. The monoisotopic (exact) mass is 520 g/mol. The Morgan fingerprint density at radius 2 is 1.86 bits per heavy atom. The Labute approximate surface area is 208 Å². The van der Waals surface area contributed by atoms with E-state index in [1.54, 1.807) is 39.1 Å². The number of rotatable bonds is 11. The summed E-state index contributed by atoms with van der Waals surface area (Å²) in [6.07, 6.45) is 0. The number of thiophene rings is 1. The summed E-state index contributed by atoms with van der Waals surface area (Å²) in [7, 11) is -3.77. The number of esters is 1. The summed E-state index contributed by atoms with van der Waals surface area (Å²) in [4.78, 5) is 37.5. The smallest absolute Gasteiger partial charge is 0.329 e. The standard InChI is InChI=1S/C23H28N4O6S2/c1-5-27(6-2)35(31,32)18-9-7-8-16(12-18)21(29)26-20(15(3)4)23(30)33-14-19(28)25-22-17(13-24)10-11-34-22/h7-12,15,20H,5-6,14H2,1-4H3,(H,25,28)(H,26,29)/t20-/m0/s1. The molecule has 0 unspecified atom stereocenters. The SMILES string of the molecule is CCN(CC)S(=O)(=O)c1cccc(C(=O)N[C@H](C(=O)OCC(=O)Nc2sccc2C#N)C(C)C)c1. The number of nitrogens with one attached hydrogen (secondary N) is 2. The second kappa shape index (κ2) is 12.4. The van der Waals surface area contributed by atoms with E-state index in [1.165, 1.54) is 28.6 Å². The maximum atomic E-state index is 12.8. The maximum Gasteiger partial charge on any atom is 0.329 e. The van der Waals surface area contributed by atoms with E-state index < -0.39 is 40.5 Å². The molecule has 1 atom stereocenters. The van der Waals surface area contributed by atoms with E-state index in [0.717, 1.165) is 11.3 Å². The van der Waals surface area contributed by atoms with E-state index in [0.29, 0.717) is 10.6 Å². The topological polar surface area (TPSA) is 146 Å². The number of hydrogen-bond acceptors (Lipinski definition) is 8.